The number of carbonyl (C=O) groups is 3. The summed E-state index contributed by atoms with van der Waals surface area (Å²) in [6.07, 6.45) is 0. The first-order chi connectivity index (χ1) is 8.06. The van der Waals surface area contributed by atoms with Crippen LogP contribution in [0.5, 0.6) is 0 Å². The van der Waals surface area contributed by atoms with Crippen molar-refractivity contribution in [3.63, 3.8) is 0 Å². The number of piperazine rings is 1. The highest BCUT2D eigenvalue weighted by atomic mass is 35.5. The molecule has 0 bridgehead atoms. The standard InChI is InChI=1S/C9H7ClN4O3/c10-6-2-1-5(12-13-6)9(17)14-3-7(15)11-8(16)4-14/h1-2H,3-4H2,(H,11,15,16). The van der Waals surface area contributed by atoms with E-state index in [1.165, 1.54) is 12.1 Å². The lowest BCUT2D eigenvalue weighted by molar-refractivity contribution is -0.135. The van der Waals surface area contributed by atoms with Gasteiger partial charge in [0.05, 0.1) is 0 Å². The van der Waals surface area contributed by atoms with Crippen LogP contribution in [0, 0.1) is 0 Å². The van der Waals surface area contributed by atoms with Gasteiger partial charge < -0.3 is 4.90 Å². The minimum Gasteiger partial charge on any atom is -0.319 e. The molecular formula is C9H7ClN4O3. The first-order valence-electron chi connectivity index (χ1n) is 4.67. The zero-order valence-corrected chi connectivity index (χ0v) is 9.27. The van der Waals surface area contributed by atoms with Gasteiger partial charge in [0.15, 0.2) is 10.8 Å². The summed E-state index contributed by atoms with van der Waals surface area (Å²) in [7, 11) is 0. The van der Waals surface area contributed by atoms with E-state index < -0.39 is 17.7 Å². The second-order valence-corrected chi connectivity index (χ2v) is 3.76. The number of aromatic nitrogens is 2. The van der Waals surface area contributed by atoms with E-state index in [9.17, 15) is 14.4 Å². The molecule has 3 amide bonds. The fourth-order valence-corrected chi connectivity index (χ4v) is 1.47. The minimum atomic E-state index is -0.530. The number of carbonyl (C=O) groups excluding carboxylic acids is 3. The SMILES string of the molecule is O=C1CN(C(=O)c2ccc(Cl)nn2)CC(=O)N1. The maximum atomic E-state index is 11.9. The highest BCUT2D eigenvalue weighted by Crippen LogP contribution is 2.06. The molecule has 0 aromatic carbocycles. The molecule has 1 N–H and O–H groups in total. The van der Waals surface area contributed by atoms with E-state index in [1.807, 2.05) is 0 Å². The zero-order chi connectivity index (χ0) is 12.4. The van der Waals surface area contributed by atoms with Crippen LogP contribution in [0.1, 0.15) is 10.5 Å². The van der Waals surface area contributed by atoms with E-state index in [-0.39, 0.29) is 23.9 Å². The van der Waals surface area contributed by atoms with Crippen molar-refractivity contribution in [1.82, 2.24) is 20.4 Å². The zero-order valence-electron chi connectivity index (χ0n) is 8.51. The van der Waals surface area contributed by atoms with Crippen LogP contribution in [-0.2, 0) is 9.59 Å². The van der Waals surface area contributed by atoms with Crippen LogP contribution >= 0.6 is 11.6 Å². The summed E-state index contributed by atoms with van der Waals surface area (Å²) in [6, 6.07) is 2.79. The lowest BCUT2D eigenvalue weighted by atomic mass is 10.3. The average molecular weight is 255 g/mol. The molecule has 8 heteroatoms. The third-order valence-corrected chi connectivity index (χ3v) is 2.29. The predicted molar refractivity (Wildman–Crippen MR) is 56.1 cm³/mol. The van der Waals surface area contributed by atoms with Crippen molar-refractivity contribution in [2.45, 2.75) is 0 Å². The Morgan fingerprint density at radius 1 is 1.24 bits per heavy atom. The second kappa shape index (κ2) is 4.46. The van der Waals surface area contributed by atoms with E-state index in [2.05, 4.69) is 15.5 Å². The normalized spacial score (nSPS) is 15.7. The molecule has 2 rings (SSSR count). The number of nitrogens with zero attached hydrogens (tertiary/aromatic N) is 3. The number of rotatable bonds is 1. The van der Waals surface area contributed by atoms with Gasteiger partial charge in [0.2, 0.25) is 11.8 Å². The number of hydrogen-bond donors (Lipinski definition) is 1. The Morgan fingerprint density at radius 2 is 1.88 bits per heavy atom. The molecule has 0 spiro atoms. The number of imide groups is 1. The molecule has 0 unspecified atom stereocenters. The van der Waals surface area contributed by atoms with Gasteiger partial charge in [-0.05, 0) is 12.1 Å². The van der Waals surface area contributed by atoms with Crippen LogP contribution in [0.2, 0.25) is 5.15 Å². The summed E-state index contributed by atoms with van der Waals surface area (Å²) in [6.45, 7) is -0.343. The third kappa shape index (κ3) is 2.56. The fraction of sp³-hybridized carbons (Fsp3) is 0.222. The Labute approximate surface area is 101 Å². The van der Waals surface area contributed by atoms with E-state index in [0.717, 1.165) is 4.90 Å². The summed E-state index contributed by atoms with van der Waals surface area (Å²) in [5, 5.41) is 9.36. The van der Waals surface area contributed by atoms with E-state index >= 15 is 0 Å². The van der Waals surface area contributed by atoms with Gasteiger partial charge in [-0.2, -0.15) is 0 Å². The van der Waals surface area contributed by atoms with Crippen molar-refractivity contribution < 1.29 is 14.4 Å². The lowest BCUT2D eigenvalue weighted by Gasteiger charge is -2.24. The molecule has 2 heterocycles. The largest absolute Gasteiger partial charge is 0.319 e. The number of nitrogens with one attached hydrogen (secondary N) is 1. The molecule has 0 atom stereocenters. The molecule has 0 aliphatic carbocycles. The molecule has 88 valence electrons. The van der Waals surface area contributed by atoms with E-state index in [1.54, 1.807) is 0 Å². The quantitative estimate of drug-likeness (QED) is 0.665. The average Bonchev–Trinajstić information content (AvgIpc) is 2.28. The van der Waals surface area contributed by atoms with Crippen LogP contribution in [-0.4, -0.2) is 45.9 Å². The Bertz CT molecular complexity index is 472. The summed E-state index contributed by atoms with van der Waals surface area (Å²) in [5.41, 5.74) is 0.0388. The smallest absolute Gasteiger partial charge is 0.275 e. The van der Waals surface area contributed by atoms with Crippen molar-refractivity contribution >= 4 is 29.3 Å². The van der Waals surface area contributed by atoms with Crippen LogP contribution in [0.4, 0.5) is 0 Å². The highest BCUT2D eigenvalue weighted by Gasteiger charge is 2.27. The second-order valence-electron chi connectivity index (χ2n) is 3.37. The molecule has 0 saturated carbocycles. The van der Waals surface area contributed by atoms with Crippen molar-refractivity contribution in [3.8, 4) is 0 Å². The van der Waals surface area contributed by atoms with Crippen molar-refractivity contribution in [3.05, 3.63) is 23.0 Å². The molecule has 1 aliphatic heterocycles. The minimum absolute atomic E-state index is 0.0388. The molecule has 1 aromatic heterocycles. The Hall–Kier alpha value is -2.02. The maximum absolute atomic E-state index is 11.9. The third-order valence-electron chi connectivity index (χ3n) is 2.09. The van der Waals surface area contributed by atoms with Gasteiger partial charge >= 0.3 is 0 Å². The molecule has 1 fully saturated rings. The van der Waals surface area contributed by atoms with Gasteiger partial charge in [-0.3, -0.25) is 19.7 Å². The van der Waals surface area contributed by atoms with Gasteiger partial charge in [-0.15, -0.1) is 10.2 Å². The monoisotopic (exact) mass is 254 g/mol. The van der Waals surface area contributed by atoms with Gasteiger partial charge in [0, 0.05) is 0 Å². The van der Waals surface area contributed by atoms with Crippen molar-refractivity contribution in [1.29, 1.82) is 0 Å². The number of hydrogen-bond acceptors (Lipinski definition) is 5. The summed E-state index contributed by atoms with van der Waals surface area (Å²) < 4.78 is 0. The van der Waals surface area contributed by atoms with Crippen LogP contribution in [0.25, 0.3) is 0 Å². The Kier molecular flexibility index (Phi) is 3.01. The Morgan fingerprint density at radius 3 is 2.41 bits per heavy atom. The molecule has 1 saturated heterocycles. The predicted octanol–water partition coefficient (Wildman–Crippen LogP) is -0.771. The fourth-order valence-electron chi connectivity index (χ4n) is 1.37. The first-order valence-corrected chi connectivity index (χ1v) is 5.05. The summed E-state index contributed by atoms with van der Waals surface area (Å²) in [4.78, 5) is 35.1. The molecular weight excluding hydrogens is 248 g/mol. The van der Waals surface area contributed by atoms with Crippen molar-refractivity contribution in [2.75, 3.05) is 13.1 Å². The van der Waals surface area contributed by atoms with E-state index in [4.69, 9.17) is 11.6 Å². The topological polar surface area (TPSA) is 92.3 Å². The van der Waals surface area contributed by atoms with Gasteiger partial charge in [0.1, 0.15) is 13.1 Å². The van der Waals surface area contributed by atoms with Crippen molar-refractivity contribution in [2.24, 2.45) is 0 Å². The molecule has 17 heavy (non-hydrogen) atoms. The first kappa shape index (κ1) is 11.5. The molecule has 1 aliphatic rings. The number of halogens is 1. The van der Waals surface area contributed by atoms with Crippen LogP contribution < -0.4 is 5.32 Å². The summed E-state index contributed by atoms with van der Waals surface area (Å²) >= 11 is 5.53. The Balaban J connectivity index is 2.17. The van der Waals surface area contributed by atoms with E-state index in [0.29, 0.717) is 0 Å². The van der Waals surface area contributed by atoms with Gasteiger partial charge in [-0.1, -0.05) is 11.6 Å². The lowest BCUT2D eigenvalue weighted by Crippen LogP contribution is -2.53. The van der Waals surface area contributed by atoms with Gasteiger partial charge in [0.25, 0.3) is 5.91 Å². The molecule has 0 radical (unpaired) electrons. The van der Waals surface area contributed by atoms with Gasteiger partial charge in [-0.25, -0.2) is 0 Å². The van der Waals surface area contributed by atoms with Crippen LogP contribution in [0.15, 0.2) is 12.1 Å². The molecule has 1 aromatic rings. The maximum Gasteiger partial charge on any atom is 0.275 e. The highest BCUT2D eigenvalue weighted by molar-refractivity contribution is 6.29. The molecule has 7 nitrogen and oxygen atoms in total. The summed E-state index contributed by atoms with van der Waals surface area (Å²) in [5.74, 6) is -1.56. The number of amides is 3. The van der Waals surface area contributed by atoms with Crippen LogP contribution in [0.3, 0.4) is 0 Å².